The highest BCUT2D eigenvalue weighted by Gasteiger charge is 2.49. The summed E-state index contributed by atoms with van der Waals surface area (Å²) in [5.74, 6) is -0.109. The number of H-pyrrole nitrogens is 1. The van der Waals surface area contributed by atoms with Crippen molar-refractivity contribution < 1.29 is 9.53 Å². The number of pyridine rings is 1. The van der Waals surface area contributed by atoms with E-state index in [-0.39, 0.29) is 23.5 Å². The number of ether oxygens (including phenoxy) is 1. The average molecular weight is 308 g/mol. The Kier molecular flexibility index (Phi) is 5.17. The minimum absolute atomic E-state index is 0.0382. The fourth-order valence-corrected chi connectivity index (χ4v) is 2.85. The van der Waals surface area contributed by atoms with Crippen LogP contribution >= 0.6 is 12.2 Å². The van der Waals surface area contributed by atoms with Crippen molar-refractivity contribution in [3.05, 3.63) is 28.5 Å². The molecular weight excluding hydrogens is 284 g/mol. The van der Waals surface area contributed by atoms with Crippen LogP contribution in [0.4, 0.5) is 0 Å². The number of aromatic amines is 1. The number of hydrogen-bond acceptors (Lipinski definition) is 3. The van der Waals surface area contributed by atoms with Gasteiger partial charge >= 0.3 is 0 Å². The van der Waals surface area contributed by atoms with E-state index in [4.69, 9.17) is 17.0 Å². The predicted octanol–water partition coefficient (Wildman–Crippen LogP) is 3.46. The number of aromatic nitrogens is 1. The van der Waals surface area contributed by atoms with Gasteiger partial charge in [-0.25, -0.2) is 0 Å². The number of amides is 1. The molecule has 21 heavy (non-hydrogen) atoms. The first-order valence-electron chi connectivity index (χ1n) is 7.57. The van der Waals surface area contributed by atoms with Crippen LogP contribution in [0.1, 0.15) is 50.4 Å². The van der Waals surface area contributed by atoms with Gasteiger partial charge in [0.1, 0.15) is 4.64 Å². The molecule has 0 aliphatic heterocycles. The third-order valence-electron chi connectivity index (χ3n) is 4.36. The second-order valence-corrected chi connectivity index (χ2v) is 6.62. The Morgan fingerprint density at radius 2 is 2.33 bits per heavy atom. The Hall–Kier alpha value is -1.20. The van der Waals surface area contributed by atoms with E-state index in [1.54, 1.807) is 18.3 Å². The molecule has 1 aliphatic rings. The minimum atomic E-state index is -0.109. The molecule has 116 valence electrons. The van der Waals surface area contributed by atoms with Crippen molar-refractivity contribution >= 4 is 18.1 Å². The maximum Gasteiger partial charge on any atom is 0.254 e. The average Bonchev–Trinajstić information content (AvgIpc) is 2.45. The first kappa shape index (κ1) is 16.2. The van der Waals surface area contributed by atoms with Crippen LogP contribution < -0.4 is 5.32 Å². The van der Waals surface area contributed by atoms with Crippen molar-refractivity contribution in [1.29, 1.82) is 0 Å². The van der Waals surface area contributed by atoms with E-state index in [0.29, 0.717) is 10.2 Å². The van der Waals surface area contributed by atoms with Crippen molar-refractivity contribution in [2.75, 3.05) is 6.61 Å². The fourth-order valence-electron chi connectivity index (χ4n) is 2.62. The van der Waals surface area contributed by atoms with Gasteiger partial charge in [0.15, 0.2) is 0 Å². The summed E-state index contributed by atoms with van der Waals surface area (Å²) in [6, 6.07) is 3.66. The highest BCUT2D eigenvalue weighted by atomic mass is 32.1. The van der Waals surface area contributed by atoms with Crippen LogP contribution in [-0.4, -0.2) is 29.6 Å². The van der Waals surface area contributed by atoms with E-state index < -0.39 is 0 Å². The van der Waals surface area contributed by atoms with Crippen molar-refractivity contribution in [2.24, 2.45) is 5.41 Å². The summed E-state index contributed by atoms with van der Waals surface area (Å²) < 4.78 is 6.37. The van der Waals surface area contributed by atoms with Gasteiger partial charge in [0.2, 0.25) is 0 Å². The monoisotopic (exact) mass is 308 g/mol. The molecule has 1 amide bonds. The quantitative estimate of drug-likeness (QED) is 0.625. The topological polar surface area (TPSA) is 54.1 Å². The first-order valence-corrected chi connectivity index (χ1v) is 7.97. The van der Waals surface area contributed by atoms with Gasteiger partial charge in [0.05, 0.1) is 11.7 Å². The van der Waals surface area contributed by atoms with Gasteiger partial charge < -0.3 is 15.0 Å². The van der Waals surface area contributed by atoms with Gasteiger partial charge in [-0.2, -0.15) is 0 Å². The summed E-state index contributed by atoms with van der Waals surface area (Å²) in [7, 11) is 0. The lowest BCUT2D eigenvalue weighted by Crippen LogP contribution is -2.62. The minimum Gasteiger partial charge on any atom is -0.378 e. The second kappa shape index (κ2) is 6.71. The van der Waals surface area contributed by atoms with Crippen LogP contribution in [0.2, 0.25) is 0 Å². The zero-order valence-electron chi connectivity index (χ0n) is 12.9. The van der Waals surface area contributed by atoms with E-state index >= 15 is 0 Å². The van der Waals surface area contributed by atoms with Crippen molar-refractivity contribution in [3.63, 3.8) is 0 Å². The molecule has 1 heterocycles. The zero-order chi connectivity index (χ0) is 15.5. The SMILES string of the molecule is CCCCOC1CC(NC(=O)c2ccc[nH]c2=S)C1(C)C. The molecule has 0 aromatic carbocycles. The summed E-state index contributed by atoms with van der Waals surface area (Å²) in [5.41, 5.74) is 0.488. The molecular formula is C16H24N2O2S. The Bertz CT molecular complexity index is 553. The maximum absolute atomic E-state index is 12.3. The normalized spacial score (nSPS) is 23.4. The van der Waals surface area contributed by atoms with Crippen LogP contribution in [-0.2, 0) is 4.74 Å². The molecule has 0 bridgehead atoms. The van der Waals surface area contributed by atoms with Crippen LogP contribution in [0, 0.1) is 10.1 Å². The molecule has 1 fully saturated rings. The Morgan fingerprint density at radius 1 is 1.57 bits per heavy atom. The highest BCUT2D eigenvalue weighted by Crippen LogP contribution is 2.42. The molecule has 0 spiro atoms. The molecule has 2 N–H and O–H groups in total. The van der Waals surface area contributed by atoms with Gasteiger partial charge in [-0.05, 0) is 25.0 Å². The molecule has 1 saturated carbocycles. The van der Waals surface area contributed by atoms with E-state index in [0.717, 1.165) is 25.9 Å². The Balaban J connectivity index is 1.92. The predicted molar refractivity (Wildman–Crippen MR) is 85.9 cm³/mol. The van der Waals surface area contributed by atoms with Gasteiger partial charge in [0, 0.05) is 24.3 Å². The molecule has 1 aromatic rings. The lowest BCUT2D eigenvalue weighted by atomic mass is 9.64. The van der Waals surface area contributed by atoms with Gasteiger partial charge in [0.25, 0.3) is 5.91 Å². The number of carbonyl (C=O) groups excluding carboxylic acids is 1. The number of unbranched alkanes of at least 4 members (excludes halogenated alkanes) is 1. The molecule has 2 rings (SSSR count). The Labute approximate surface area is 131 Å². The van der Waals surface area contributed by atoms with E-state index in [1.807, 2.05) is 0 Å². The van der Waals surface area contributed by atoms with Crippen molar-refractivity contribution in [2.45, 2.75) is 52.2 Å². The summed E-state index contributed by atoms with van der Waals surface area (Å²) in [6.45, 7) is 7.24. The summed E-state index contributed by atoms with van der Waals surface area (Å²) in [5, 5.41) is 3.08. The molecule has 1 aliphatic carbocycles. The molecule has 1 aromatic heterocycles. The molecule has 5 heteroatoms. The number of rotatable bonds is 6. The van der Waals surface area contributed by atoms with Crippen molar-refractivity contribution in [1.82, 2.24) is 10.3 Å². The highest BCUT2D eigenvalue weighted by molar-refractivity contribution is 7.71. The van der Waals surface area contributed by atoms with E-state index in [1.165, 1.54) is 0 Å². The summed E-state index contributed by atoms with van der Waals surface area (Å²) in [6.07, 6.45) is 5.04. The standard InChI is InChI=1S/C16H24N2O2S/c1-4-5-9-20-13-10-12(16(13,2)3)18-14(19)11-7-6-8-17-15(11)21/h6-8,12-13H,4-5,9-10H2,1-3H3,(H,17,21)(H,18,19). The maximum atomic E-state index is 12.3. The molecule has 2 atom stereocenters. The van der Waals surface area contributed by atoms with Gasteiger partial charge in [-0.15, -0.1) is 0 Å². The molecule has 0 saturated heterocycles. The third kappa shape index (κ3) is 3.52. The number of nitrogens with one attached hydrogen (secondary N) is 2. The summed E-state index contributed by atoms with van der Waals surface area (Å²) in [4.78, 5) is 15.2. The van der Waals surface area contributed by atoms with E-state index in [2.05, 4.69) is 31.1 Å². The van der Waals surface area contributed by atoms with Crippen LogP contribution in [0.15, 0.2) is 18.3 Å². The lowest BCUT2D eigenvalue weighted by molar-refractivity contribution is -0.115. The van der Waals surface area contributed by atoms with Crippen LogP contribution in [0.3, 0.4) is 0 Å². The fraction of sp³-hybridized carbons (Fsp3) is 0.625. The van der Waals surface area contributed by atoms with Gasteiger partial charge in [-0.3, -0.25) is 4.79 Å². The third-order valence-corrected chi connectivity index (χ3v) is 4.70. The first-order chi connectivity index (χ1) is 9.96. The lowest BCUT2D eigenvalue weighted by Gasteiger charge is -2.51. The molecule has 4 nitrogen and oxygen atoms in total. The van der Waals surface area contributed by atoms with E-state index in [9.17, 15) is 4.79 Å². The number of carbonyl (C=O) groups is 1. The molecule has 2 unspecified atom stereocenters. The zero-order valence-corrected chi connectivity index (χ0v) is 13.8. The second-order valence-electron chi connectivity index (χ2n) is 6.21. The number of hydrogen-bond donors (Lipinski definition) is 2. The van der Waals surface area contributed by atoms with Gasteiger partial charge in [-0.1, -0.05) is 39.4 Å². The smallest absolute Gasteiger partial charge is 0.254 e. The van der Waals surface area contributed by atoms with Crippen LogP contribution in [0.25, 0.3) is 0 Å². The van der Waals surface area contributed by atoms with Crippen molar-refractivity contribution in [3.8, 4) is 0 Å². The van der Waals surface area contributed by atoms with Crippen LogP contribution in [0.5, 0.6) is 0 Å². The summed E-state index contributed by atoms with van der Waals surface area (Å²) >= 11 is 5.15. The largest absolute Gasteiger partial charge is 0.378 e. The molecule has 0 radical (unpaired) electrons. The Morgan fingerprint density at radius 3 is 2.95 bits per heavy atom.